The highest BCUT2D eigenvalue weighted by Crippen LogP contribution is 2.25. The summed E-state index contributed by atoms with van der Waals surface area (Å²) in [6.45, 7) is 4.56. The van der Waals surface area contributed by atoms with Crippen LogP contribution in [0.2, 0.25) is 0 Å². The van der Waals surface area contributed by atoms with E-state index in [1.54, 1.807) is 21.6 Å². The summed E-state index contributed by atoms with van der Waals surface area (Å²) in [6.07, 6.45) is 9.35. The molecule has 0 aliphatic carbocycles. The van der Waals surface area contributed by atoms with Crippen molar-refractivity contribution in [3.05, 3.63) is 120 Å². The molecule has 8 rings (SSSR count). The van der Waals surface area contributed by atoms with E-state index in [0.717, 1.165) is 93.7 Å². The van der Waals surface area contributed by atoms with Crippen LogP contribution in [0.5, 0.6) is 0 Å². The van der Waals surface area contributed by atoms with Crippen LogP contribution in [0.15, 0.2) is 97.1 Å². The molecule has 0 bridgehead atoms. The molecule has 4 aromatic carbocycles. The standard InChI is InChI=1S/C48H54N8O4S2/c1-51-41-7-3-5-9-43(41)55(47(51)21-15-35-11-17-37(18-12-35)53-27-23-39(57)31-53)33-45(59)49-25-29-61-62-30-26-50-46(60)34-56-44-10-6-4-8-42(44)52(2)48(56)22-16-36-13-19-38(20-14-36)54-28-24-40(58)32-54/h3-22,39-40,57-58H,23-34H2,1-2H3/p+2/t39-,40-/m1/s1. The Morgan fingerprint density at radius 3 is 1.40 bits per heavy atom. The Morgan fingerprint density at radius 2 is 1.02 bits per heavy atom. The first-order chi connectivity index (χ1) is 30.2. The number of anilines is 2. The third kappa shape index (κ3) is 10.2. The van der Waals surface area contributed by atoms with Crippen molar-refractivity contribution >= 4 is 91.1 Å². The summed E-state index contributed by atoms with van der Waals surface area (Å²) in [4.78, 5) is 30.9. The number of nitrogens with zero attached hydrogens (tertiary/aromatic N) is 6. The zero-order valence-corrected chi connectivity index (χ0v) is 37.0. The summed E-state index contributed by atoms with van der Waals surface area (Å²) in [5.41, 5.74) is 8.43. The highest BCUT2D eigenvalue weighted by Gasteiger charge is 2.25. The number of para-hydroxylation sites is 4. The molecule has 2 amide bonds. The molecule has 2 aromatic heterocycles. The largest absolute Gasteiger partial charge is 0.391 e. The summed E-state index contributed by atoms with van der Waals surface area (Å²) in [6, 6.07) is 33.0. The van der Waals surface area contributed by atoms with Gasteiger partial charge in [0.05, 0.1) is 26.3 Å². The molecule has 0 unspecified atom stereocenters. The van der Waals surface area contributed by atoms with Crippen LogP contribution in [0.3, 0.4) is 0 Å². The van der Waals surface area contributed by atoms with Gasteiger partial charge in [-0.2, -0.15) is 0 Å². The van der Waals surface area contributed by atoms with E-state index in [9.17, 15) is 19.8 Å². The van der Waals surface area contributed by atoms with E-state index in [1.807, 2.05) is 50.5 Å². The molecule has 4 N–H and O–H groups in total. The lowest BCUT2D eigenvalue weighted by atomic mass is 10.2. The summed E-state index contributed by atoms with van der Waals surface area (Å²) >= 11 is 0. The minimum Gasteiger partial charge on any atom is -0.391 e. The molecule has 62 heavy (non-hydrogen) atoms. The fourth-order valence-electron chi connectivity index (χ4n) is 8.41. The molecular formula is C48H56N8O4S2+2. The number of carbonyl (C=O) groups is 2. The lowest BCUT2D eigenvalue weighted by Crippen LogP contribution is -2.34. The Bertz CT molecular complexity index is 2390. The van der Waals surface area contributed by atoms with E-state index >= 15 is 0 Å². The molecule has 2 saturated heterocycles. The number of imidazole rings is 2. The number of aryl methyl sites for hydroxylation is 2. The van der Waals surface area contributed by atoms with E-state index in [1.165, 1.54) is 0 Å². The third-order valence-corrected chi connectivity index (χ3v) is 14.1. The predicted molar refractivity (Wildman–Crippen MR) is 254 cm³/mol. The molecule has 0 radical (unpaired) electrons. The van der Waals surface area contributed by atoms with Gasteiger partial charge < -0.3 is 30.6 Å². The summed E-state index contributed by atoms with van der Waals surface area (Å²) in [7, 11) is 7.42. The van der Waals surface area contributed by atoms with Gasteiger partial charge in [0.15, 0.2) is 35.2 Å². The Labute approximate surface area is 370 Å². The number of aliphatic hydroxyl groups excluding tert-OH is 2. The summed E-state index contributed by atoms with van der Waals surface area (Å²) in [5.74, 6) is 3.24. The topological polar surface area (TPSA) is 123 Å². The zero-order valence-electron chi connectivity index (χ0n) is 35.4. The Hall–Kier alpha value is -5.54. The van der Waals surface area contributed by atoms with Crippen molar-refractivity contribution in [2.24, 2.45) is 14.1 Å². The smallest absolute Gasteiger partial charge is 0.282 e. The van der Waals surface area contributed by atoms with E-state index in [0.29, 0.717) is 26.2 Å². The van der Waals surface area contributed by atoms with Gasteiger partial charge in [-0.15, -0.1) is 0 Å². The van der Waals surface area contributed by atoms with Crippen LogP contribution >= 0.6 is 21.6 Å². The van der Waals surface area contributed by atoms with Gasteiger partial charge in [0, 0.05) is 74.3 Å². The first kappa shape index (κ1) is 43.1. The van der Waals surface area contributed by atoms with Crippen molar-refractivity contribution in [1.29, 1.82) is 0 Å². The van der Waals surface area contributed by atoms with Gasteiger partial charge in [-0.1, -0.05) is 70.1 Å². The lowest BCUT2D eigenvalue weighted by Gasteiger charge is -2.17. The van der Waals surface area contributed by atoms with Crippen LogP contribution in [0, 0.1) is 0 Å². The number of β-amino-alcohol motifs (C(OH)–C–C–N with tert-alkyl or cyclic N) is 2. The lowest BCUT2D eigenvalue weighted by molar-refractivity contribution is -0.647. The van der Waals surface area contributed by atoms with E-state index in [2.05, 4.69) is 124 Å². The maximum Gasteiger partial charge on any atom is 0.282 e. The number of benzene rings is 4. The molecule has 14 heteroatoms. The first-order valence-corrected chi connectivity index (χ1v) is 23.9. The quantitative estimate of drug-likeness (QED) is 0.0572. The molecule has 2 aliphatic rings. The number of carbonyl (C=O) groups excluding carboxylic acids is 2. The fraction of sp³-hybridized carbons (Fsp3) is 0.333. The number of amides is 2. The molecule has 12 nitrogen and oxygen atoms in total. The number of nitrogens with one attached hydrogen (secondary N) is 2. The maximum atomic E-state index is 13.3. The SMILES string of the molecule is C[n+]1c(/C=C/c2ccc(N3CC[C@@H](O)C3)cc2)n(CC(=O)NCCSSCCNC(=O)Cn2c(/C=C/c3ccc(N4CC[C@@H](O)C4)cc3)[n+](C)c3ccccc32)c2ccccc21. The van der Waals surface area contributed by atoms with Gasteiger partial charge in [-0.3, -0.25) is 9.59 Å². The van der Waals surface area contributed by atoms with Gasteiger partial charge in [-0.05, 0) is 84.7 Å². The summed E-state index contributed by atoms with van der Waals surface area (Å²) < 4.78 is 8.35. The normalized spacial score (nSPS) is 16.8. The van der Waals surface area contributed by atoms with Crippen molar-refractivity contribution in [2.75, 3.05) is 60.6 Å². The van der Waals surface area contributed by atoms with Crippen LogP contribution in [0.4, 0.5) is 11.4 Å². The molecule has 6 aromatic rings. The van der Waals surface area contributed by atoms with Gasteiger partial charge in [0.1, 0.15) is 0 Å². The van der Waals surface area contributed by atoms with Crippen LogP contribution in [0.1, 0.15) is 35.6 Å². The second kappa shape index (κ2) is 20.1. The minimum atomic E-state index is -0.261. The molecule has 2 atom stereocenters. The highest BCUT2D eigenvalue weighted by atomic mass is 33.1. The number of aliphatic hydroxyl groups is 2. The van der Waals surface area contributed by atoms with Gasteiger partial charge in [0.25, 0.3) is 23.5 Å². The van der Waals surface area contributed by atoms with Crippen molar-refractivity contribution in [2.45, 2.75) is 38.1 Å². The molecule has 2 fully saturated rings. The molecule has 2 aliphatic heterocycles. The molecule has 0 spiro atoms. The average Bonchev–Trinajstić information content (AvgIpc) is 4.05. The number of hydrogen-bond donors (Lipinski definition) is 4. The zero-order chi connectivity index (χ0) is 43.0. The van der Waals surface area contributed by atoms with E-state index in [4.69, 9.17) is 0 Å². The Morgan fingerprint density at radius 1 is 0.613 bits per heavy atom. The third-order valence-electron chi connectivity index (χ3n) is 11.7. The van der Waals surface area contributed by atoms with Crippen molar-refractivity contribution in [3.63, 3.8) is 0 Å². The number of hydrogen-bond acceptors (Lipinski definition) is 8. The number of aromatic nitrogens is 4. The number of rotatable bonds is 17. The molecular weight excluding hydrogens is 817 g/mol. The predicted octanol–water partition coefficient (Wildman–Crippen LogP) is 5.04. The van der Waals surface area contributed by atoms with Crippen LogP contribution in [-0.2, 0) is 36.8 Å². The van der Waals surface area contributed by atoms with Crippen LogP contribution < -0.4 is 29.6 Å². The average molecular weight is 873 g/mol. The molecule has 0 saturated carbocycles. The monoisotopic (exact) mass is 872 g/mol. The first-order valence-electron chi connectivity index (χ1n) is 21.4. The second-order valence-electron chi connectivity index (χ2n) is 16.0. The second-order valence-corrected chi connectivity index (χ2v) is 18.7. The number of fused-ring (bicyclic) bond motifs is 2. The van der Waals surface area contributed by atoms with Gasteiger partial charge in [-0.25, -0.2) is 18.3 Å². The maximum absolute atomic E-state index is 13.3. The van der Waals surface area contributed by atoms with Gasteiger partial charge >= 0.3 is 0 Å². The van der Waals surface area contributed by atoms with E-state index in [-0.39, 0.29) is 37.1 Å². The Balaban J connectivity index is 0.789. The molecule has 4 heterocycles. The van der Waals surface area contributed by atoms with E-state index < -0.39 is 0 Å². The fourth-order valence-corrected chi connectivity index (χ4v) is 10.2. The van der Waals surface area contributed by atoms with Crippen LogP contribution in [0.25, 0.3) is 46.4 Å². The van der Waals surface area contributed by atoms with Crippen molar-refractivity contribution < 1.29 is 28.9 Å². The summed E-state index contributed by atoms with van der Waals surface area (Å²) in [5, 5.41) is 26.1. The highest BCUT2D eigenvalue weighted by molar-refractivity contribution is 8.76. The van der Waals surface area contributed by atoms with Crippen LogP contribution in [-0.4, -0.2) is 94.1 Å². The van der Waals surface area contributed by atoms with Crippen molar-refractivity contribution in [1.82, 2.24) is 19.8 Å². The Kier molecular flexibility index (Phi) is 14.0. The molecule has 322 valence electrons. The minimum absolute atomic E-state index is 0.0480. The van der Waals surface area contributed by atoms with Gasteiger partial charge in [0.2, 0.25) is 0 Å². The van der Waals surface area contributed by atoms with Crippen molar-refractivity contribution in [3.8, 4) is 0 Å².